The van der Waals surface area contributed by atoms with Gasteiger partial charge in [-0.1, -0.05) is 44.9 Å². The summed E-state index contributed by atoms with van der Waals surface area (Å²) in [5.41, 5.74) is 0. The SMILES string of the molecule is [CH2]CNC(O)OCCCCCCCCCCC[Si](OCC)(OCC)OCC. The van der Waals surface area contributed by atoms with Crippen LogP contribution in [0.3, 0.4) is 0 Å². The molecule has 0 bridgehead atoms. The van der Waals surface area contributed by atoms with E-state index in [1.807, 2.05) is 20.8 Å². The Hall–Kier alpha value is -0.0231. The highest BCUT2D eigenvalue weighted by atomic mass is 28.4. The van der Waals surface area contributed by atoms with E-state index in [9.17, 15) is 5.11 Å². The van der Waals surface area contributed by atoms with E-state index in [0.717, 1.165) is 25.3 Å². The Morgan fingerprint density at radius 1 is 0.778 bits per heavy atom. The third-order valence-corrected chi connectivity index (χ3v) is 7.47. The van der Waals surface area contributed by atoms with Crippen LogP contribution in [0.2, 0.25) is 6.04 Å². The van der Waals surface area contributed by atoms with Gasteiger partial charge < -0.3 is 23.1 Å². The molecular weight excluding hydrogens is 362 g/mol. The zero-order chi connectivity index (χ0) is 20.2. The molecule has 0 aromatic carbocycles. The molecule has 0 rings (SSSR count). The molecule has 0 aliphatic rings. The molecule has 0 saturated carbocycles. The second-order valence-electron chi connectivity index (χ2n) is 6.59. The summed E-state index contributed by atoms with van der Waals surface area (Å²) in [6.45, 7) is 12.6. The van der Waals surface area contributed by atoms with Crippen molar-refractivity contribution in [3.05, 3.63) is 6.92 Å². The summed E-state index contributed by atoms with van der Waals surface area (Å²) in [6, 6.07) is 0.928. The lowest BCUT2D eigenvalue weighted by Gasteiger charge is -2.28. The van der Waals surface area contributed by atoms with E-state index in [2.05, 4.69) is 12.2 Å². The number of hydrogen-bond donors (Lipinski definition) is 2. The van der Waals surface area contributed by atoms with E-state index in [-0.39, 0.29) is 0 Å². The Kier molecular flexibility index (Phi) is 19.3. The van der Waals surface area contributed by atoms with Crippen LogP contribution in [0.5, 0.6) is 0 Å². The Morgan fingerprint density at radius 3 is 1.67 bits per heavy atom. The van der Waals surface area contributed by atoms with Gasteiger partial charge in [-0.2, -0.15) is 0 Å². The van der Waals surface area contributed by atoms with Gasteiger partial charge in [0.15, 0.2) is 0 Å². The summed E-state index contributed by atoms with van der Waals surface area (Å²) < 4.78 is 22.9. The fraction of sp³-hybridized carbons (Fsp3) is 0.950. The number of hydrogen-bond acceptors (Lipinski definition) is 6. The van der Waals surface area contributed by atoms with Crippen LogP contribution in [0.15, 0.2) is 0 Å². The van der Waals surface area contributed by atoms with Crippen molar-refractivity contribution in [1.82, 2.24) is 5.32 Å². The maximum atomic E-state index is 9.34. The molecule has 7 heteroatoms. The maximum absolute atomic E-state index is 9.34. The molecule has 1 radical (unpaired) electrons. The zero-order valence-electron chi connectivity index (χ0n) is 18.0. The highest BCUT2D eigenvalue weighted by molar-refractivity contribution is 6.60. The first-order valence-electron chi connectivity index (χ1n) is 10.9. The van der Waals surface area contributed by atoms with Gasteiger partial charge in [-0.15, -0.1) is 0 Å². The Morgan fingerprint density at radius 2 is 1.22 bits per heavy atom. The van der Waals surface area contributed by atoms with Crippen LogP contribution in [-0.4, -0.2) is 53.3 Å². The Labute approximate surface area is 168 Å². The summed E-state index contributed by atoms with van der Waals surface area (Å²) >= 11 is 0. The van der Waals surface area contributed by atoms with Crippen molar-refractivity contribution in [2.75, 3.05) is 33.0 Å². The highest BCUT2D eigenvalue weighted by Gasteiger charge is 2.39. The lowest BCUT2D eigenvalue weighted by Crippen LogP contribution is -2.45. The molecule has 0 saturated heterocycles. The second-order valence-corrected chi connectivity index (χ2v) is 9.32. The summed E-state index contributed by atoms with van der Waals surface area (Å²) in [5.74, 6) is 0. The largest absolute Gasteiger partial charge is 0.500 e. The fourth-order valence-electron chi connectivity index (χ4n) is 3.06. The van der Waals surface area contributed by atoms with Crippen LogP contribution in [0.25, 0.3) is 0 Å². The summed E-state index contributed by atoms with van der Waals surface area (Å²) in [4.78, 5) is 0. The van der Waals surface area contributed by atoms with Gasteiger partial charge >= 0.3 is 8.80 Å². The zero-order valence-corrected chi connectivity index (χ0v) is 19.0. The van der Waals surface area contributed by atoms with Gasteiger partial charge in [0, 0.05) is 25.9 Å². The topological polar surface area (TPSA) is 69.2 Å². The molecule has 0 aromatic heterocycles. The summed E-state index contributed by atoms with van der Waals surface area (Å²) in [5, 5.41) is 12.1. The van der Waals surface area contributed by atoms with Crippen LogP contribution >= 0.6 is 0 Å². The van der Waals surface area contributed by atoms with Gasteiger partial charge in [0.1, 0.15) is 0 Å². The quantitative estimate of drug-likeness (QED) is 0.169. The molecule has 0 spiro atoms. The molecule has 0 amide bonds. The van der Waals surface area contributed by atoms with Crippen LogP contribution in [0.1, 0.15) is 78.6 Å². The molecule has 6 nitrogen and oxygen atoms in total. The van der Waals surface area contributed by atoms with Gasteiger partial charge in [-0.25, -0.2) is 0 Å². The van der Waals surface area contributed by atoms with Crippen molar-refractivity contribution in [3.63, 3.8) is 0 Å². The predicted molar refractivity (Wildman–Crippen MR) is 112 cm³/mol. The van der Waals surface area contributed by atoms with Crippen LogP contribution in [-0.2, 0) is 18.0 Å². The number of unbranched alkanes of at least 4 members (excludes halogenated alkanes) is 8. The first-order valence-corrected chi connectivity index (χ1v) is 12.8. The second kappa shape index (κ2) is 19.3. The predicted octanol–water partition coefficient (Wildman–Crippen LogP) is 4.26. The smallest absolute Gasteiger partial charge is 0.374 e. The average molecular weight is 407 g/mol. The van der Waals surface area contributed by atoms with Gasteiger partial charge in [0.05, 0.1) is 6.61 Å². The molecule has 1 unspecified atom stereocenters. The Bertz CT molecular complexity index is 293. The molecule has 27 heavy (non-hydrogen) atoms. The van der Waals surface area contributed by atoms with E-state index in [1.54, 1.807) is 0 Å². The lowest BCUT2D eigenvalue weighted by molar-refractivity contribution is -0.119. The molecule has 0 aromatic rings. The van der Waals surface area contributed by atoms with Crippen LogP contribution in [0.4, 0.5) is 0 Å². The van der Waals surface area contributed by atoms with Gasteiger partial charge in [-0.3, -0.25) is 5.32 Å². The molecule has 0 aliphatic carbocycles. The van der Waals surface area contributed by atoms with Crippen LogP contribution in [0, 0.1) is 6.92 Å². The minimum Gasteiger partial charge on any atom is -0.374 e. The maximum Gasteiger partial charge on any atom is 0.500 e. The molecular formula is C20H44NO5Si. The number of aliphatic hydroxyl groups is 1. The molecule has 163 valence electrons. The van der Waals surface area contributed by atoms with E-state index >= 15 is 0 Å². The van der Waals surface area contributed by atoms with Gasteiger partial charge in [-0.05, 0) is 47.1 Å². The molecule has 0 aliphatic heterocycles. The minimum absolute atomic E-state index is 0.465. The molecule has 2 N–H and O–H groups in total. The first kappa shape index (κ1) is 27.0. The summed E-state index contributed by atoms with van der Waals surface area (Å²) in [7, 11) is -2.44. The van der Waals surface area contributed by atoms with Crippen molar-refractivity contribution >= 4 is 8.80 Å². The number of aliphatic hydroxyl groups excluding tert-OH is 1. The first-order chi connectivity index (χ1) is 13.1. The number of rotatable bonds is 21. The molecule has 1 atom stereocenters. The van der Waals surface area contributed by atoms with Crippen molar-refractivity contribution in [2.24, 2.45) is 0 Å². The van der Waals surface area contributed by atoms with E-state index < -0.39 is 15.2 Å². The monoisotopic (exact) mass is 406 g/mol. The molecule has 0 fully saturated rings. The highest BCUT2D eigenvalue weighted by Crippen LogP contribution is 2.20. The van der Waals surface area contributed by atoms with Crippen molar-refractivity contribution in [2.45, 2.75) is 91.0 Å². The normalized spacial score (nSPS) is 13.2. The fourth-order valence-corrected chi connectivity index (χ4v) is 5.75. The van der Waals surface area contributed by atoms with E-state index in [0.29, 0.717) is 33.0 Å². The standard InChI is InChI=1S/C20H44NO5Si/c1-5-21-20(22)23-18-16-14-12-10-9-11-13-15-17-19-27(24-6-2,25-7-3)26-8-4/h20-22H,1,5-19H2,2-4H3. The van der Waals surface area contributed by atoms with E-state index in [1.165, 1.54) is 38.5 Å². The average Bonchev–Trinajstić information content (AvgIpc) is 2.63. The number of ether oxygens (including phenoxy) is 1. The minimum atomic E-state index is -2.44. The third kappa shape index (κ3) is 15.6. The molecule has 0 heterocycles. The lowest BCUT2D eigenvalue weighted by atomic mass is 10.1. The van der Waals surface area contributed by atoms with Crippen molar-refractivity contribution in [3.8, 4) is 0 Å². The third-order valence-electron chi connectivity index (χ3n) is 4.31. The van der Waals surface area contributed by atoms with Crippen molar-refractivity contribution < 1.29 is 23.1 Å². The van der Waals surface area contributed by atoms with Crippen molar-refractivity contribution in [1.29, 1.82) is 0 Å². The van der Waals surface area contributed by atoms with Gasteiger partial charge in [0.2, 0.25) is 6.41 Å². The van der Waals surface area contributed by atoms with Gasteiger partial charge in [0.25, 0.3) is 0 Å². The van der Waals surface area contributed by atoms with Crippen LogP contribution < -0.4 is 5.32 Å². The Balaban J connectivity index is 3.57. The number of nitrogens with one attached hydrogen (secondary N) is 1. The van der Waals surface area contributed by atoms with E-state index in [4.69, 9.17) is 18.0 Å². The summed E-state index contributed by atoms with van der Waals surface area (Å²) in [6.07, 6.45) is 9.95.